The molecule has 0 unspecified atom stereocenters. The molecule has 0 bridgehead atoms. The normalized spacial score (nSPS) is 21.6. The minimum absolute atomic E-state index is 0.345. The highest BCUT2D eigenvalue weighted by Crippen LogP contribution is 2.41. The number of hydrogen-bond acceptors (Lipinski definition) is 5. The van der Waals surface area contributed by atoms with Crippen LogP contribution in [0, 0.1) is 5.92 Å². The second-order valence-electron chi connectivity index (χ2n) is 8.30. The van der Waals surface area contributed by atoms with Crippen molar-refractivity contribution in [3.05, 3.63) is 30.4 Å². The summed E-state index contributed by atoms with van der Waals surface area (Å²) < 4.78 is 11.2. The Morgan fingerprint density at radius 1 is 1.04 bits per heavy atom. The smallest absolute Gasteiger partial charge is 0.231 e. The van der Waals surface area contributed by atoms with Crippen LogP contribution in [0.5, 0.6) is 11.5 Å². The lowest BCUT2D eigenvalue weighted by Gasteiger charge is -2.38. The van der Waals surface area contributed by atoms with Gasteiger partial charge in [-0.05, 0) is 63.9 Å². The molecule has 0 radical (unpaired) electrons. The van der Waals surface area contributed by atoms with Crippen molar-refractivity contribution in [3.8, 4) is 11.5 Å². The fourth-order valence-corrected chi connectivity index (χ4v) is 4.56. The maximum atomic E-state index is 5.68. The zero-order chi connectivity index (χ0) is 18.6. The highest BCUT2D eigenvalue weighted by molar-refractivity contribution is 5.65. The Hall–Kier alpha value is -1.72. The number of likely N-dealkylation sites (tertiary alicyclic amines) is 1. The zero-order valence-corrected chi connectivity index (χ0v) is 16.7. The number of fused-ring (bicyclic) bond motifs is 1. The summed E-state index contributed by atoms with van der Waals surface area (Å²) in [5, 5.41) is 0. The summed E-state index contributed by atoms with van der Waals surface area (Å²) in [6.45, 7) is 15.7. The molecule has 1 aromatic carbocycles. The van der Waals surface area contributed by atoms with Crippen molar-refractivity contribution in [2.24, 2.45) is 5.92 Å². The first-order valence-electron chi connectivity index (χ1n) is 10.4. The van der Waals surface area contributed by atoms with Crippen LogP contribution in [0.4, 0.5) is 5.69 Å². The van der Waals surface area contributed by atoms with Crippen molar-refractivity contribution in [1.29, 1.82) is 0 Å². The van der Waals surface area contributed by atoms with Crippen LogP contribution in [-0.4, -0.2) is 69.0 Å². The summed E-state index contributed by atoms with van der Waals surface area (Å²) >= 11 is 0. The molecular formula is C22H33N3O2. The molecule has 0 aromatic heterocycles. The first-order chi connectivity index (χ1) is 13.2. The summed E-state index contributed by atoms with van der Waals surface area (Å²) in [4.78, 5) is 7.64. The molecule has 4 rings (SSSR count). The number of benzene rings is 1. The van der Waals surface area contributed by atoms with E-state index in [-0.39, 0.29) is 0 Å². The Morgan fingerprint density at radius 3 is 2.56 bits per heavy atom. The van der Waals surface area contributed by atoms with Gasteiger partial charge in [0.15, 0.2) is 11.5 Å². The van der Waals surface area contributed by atoms with Gasteiger partial charge < -0.3 is 14.4 Å². The largest absolute Gasteiger partial charge is 0.454 e. The van der Waals surface area contributed by atoms with Crippen LogP contribution in [0.2, 0.25) is 0 Å². The van der Waals surface area contributed by atoms with Crippen LogP contribution < -0.4 is 14.4 Å². The second kappa shape index (κ2) is 8.53. The number of piperazine rings is 1. The van der Waals surface area contributed by atoms with Gasteiger partial charge in [0, 0.05) is 32.7 Å². The average molecular weight is 372 g/mol. The lowest BCUT2D eigenvalue weighted by atomic mass is 9.93. The Kier molecular flexibility index (Phi) is 5.89. The number of ether oxygens (including phenoxy) is 2. The molecular weight excluding hydrogens is 338 g/mol. The molecule has 27 heavy (non-hydrogen) atoms. The van der Waals surface area contributed by atoms with Crippen molar-refractivity contribution in [3.63, 3.8) is 0 Å². The average Bonchev–Trinajstić information content (AvgIpc) is 3.16. The lowest BCUT2D eigenvalue weighted by Crippen LogP contribution is -2.47. The molecule has 5 nitrogen and oxygen atoms in total. The SMILES string of the molecule is C=C(C)CN1CCC(CCN2CCN(c3cccc4c3OCO4)CC2)CC1. The molecule has 2 fully saturated rings. The maximum Gasteiger partial charge on any atom is 0.231 e. The molecule has 0 N–H and O–H groups in total. The highest BCUT2D eigenvalue weighted by atomic mass is 16.7. The number of para-hydroxylation sites is 1. The van der Waals surface area contributed by atoms with Gasteiger partial charge in [-0.2, -0.15) is 0 Å². The van der Waals surface area contributed by atoms with Gasteiger partial charge in [0.2, 0.25) is 6.79 Å². The Balaban J connectivity index is 1.20. The van der Waals surface area contributed by atoms with E-state index in [0.717, 1.165) is 50.1 Å². The molecule has 0 saturated carbocycles. The van der Waals surface area contributed by atoms with E-state index in [1.54, 1.807) is 0 Å². The van der Waals surface area contributed by atoms with Gasteiger partial charge in [0.1, 0.15) is 0 Å². The van der Waals surface area contributed by atoms with E-state index >= 15 is 0 Å². The van der Waals surface area contributed by atoms with Crippen molar-refractivity contribution in [2.45, 2.75) is 26.2 Å². The van der Waals surface area contributed by atoms with E-state index in [1.165, 1.54) is 50.2 Å². The lowest BCUT2D eigenvalue weighted by molar-refractivity contribution is 0.168. The molecule has 0 spiro atoms. The molecule has 5 heteroatoms. The standard InChI is InChI=1S/C22H33N3O2/c1-18(2)16-24-10-7-19(8-11-24)6-9-23-12-14-25(15-13-23)20-4-3-5-21-22(20)27-17-26-21/h3-5,19H,1,6-17H2,2H3. The quantitative estimate of drug-likeness (QED) is 0.716. The minimum Gasteiger partial charge on any atom is -0.454 e. The van der Waals surface area contributed by atoms with Gasteiger partial charge in [0.25, 0.3) is 0 Å². The summed E-state index contributed by atoms with van der Waals surface area (Å²) in [6.07, 6.45) is 4.04. The van der Waals surface area contributed by atoms with Crippen LogP contribution in [0.1, 0.15) is 26.2 Å². The maximum absolute atomic E-state index is 5.68. The van der Waals surface area contributed by atoms with Crippen molar-refractivity contribution in [2.75, 3.05) is 64.1 Å². The van der Waals surface area contributed by atoms with Crippen molar-refractivity contribution < 1.29 is 9.47 Å². The third-order valence-corrected chi connectivity index (χ3v) is 6.14. The monoisotopic (exact) mass is 371 g/mol. The number of nitrogens with zero attached hydrogens (tertiary/aromatic N) is 3. The van der Waals surface area contributed by atoms with Gasteiger partial charge in [-0.15, -0.1) is 0 Å². The molecule has 3 heterocycles. The molecule has 3 aliphatic rings. The summed E-state index contributed by atoms with van der Waals surface area (Å²) in [6, 6.07) is 6.21. The predicted molar refractivity (Wildman–Crippen MR) is 110 cm³/mol. The molecule has 2 saturated heterocycles. The molecule has 0 aliphatic carbocycles. The predicted octanol–water partition coefficient (Wildman–Crippen LogP) is 3.22. The Morgan fingerprint density at radius 2 is 1.81 bits per heavy atom. The van der Waals surface area contributed by atoms with E-state index in [2.05, 4.69) is 40.3 Å². The number of piperidine rings is 1. The summed E-state index contributed by atoms with van der Waals surface area (Å²) in [7, 11) is 0. The fourth-order valence-electron chi connectivity index (χ4n) is 4.56. The van der Waals surface area contributed by atoms with E-state index in [4.69, 9.17) is 9.47 Å². The molecule has 0 atom stereocenters. The number of anilines is 1. The van der Waals surface area contributed by atoms with Crippen molar-refractivity contribution in [1.82, 2.24) is 9.80 Å². The molecule has 0 amide bonds. The first kappa shape index (κ1) is 18.6. The van der Waals surface area contributed by atoms with Crippen LogP contribution in [0.3, 0.4) is 0 Å². The van der Waals surface area contributed by atoms with Gasteiger partial charge in [-0.1, -0.05) is 18.2 Å². The highest BCUT2D eigenvalue weighted by Gasteiger charge is 2.25. The Labute approximate surface area is 163 Å². The Bertz CT molecular complexity index is 647. The van der Waals surface area contributed by atoms with Crippen molar-refractivity contribution >= 4 is 5.69 Å². The summed E-state index contributed by atoms with van der Waals surface area (Å²) in [5.74, 6) is 2.70. The number of hydrogen-bond donors (Lipinski definition) is 0. The third-order valence-electron chi connectivity index (χ3n) is 6.14. The molecule has 3 aliphatic heterocycles. The number of rotatable bonds is 6. The van der Waals surface area contributed by atoms with Crippen LogP contribution >= 0.6 is 0 Å². The van der Waals surface area contributed by atoms with E-state index in [1.807, 2.05) is 6.07 Å². The first-order valence-corrected chi connectivity index (χ1v) is 10.4. The van der Waals surface area contributed by atoms with E-state index < -0.39 is 0 Å². The molecule has 1 aromatic rings. The zero-order valence-electron chi connectivity index (χ0n) is 16.7. The van der Waals surface area contributed by atoms with E-state index in [0.29, 0.717) is 6.79 Å². The van der Waals surface area contributed by atoms with Gasteiger partial charge in [-0.25, -0.2) is 0 Å². The van der Waals surface area contributed by atoms with Crippen LogP contribution in [0.15, 0.2) is 30.4 Å². The van der Waals surface area contributed by atoms with Gasteiger partial charge >= 0.3 is 0 Å². The fraction of sp³-hybridized carbons (Fsp3) is 0.636. The van der Waals surface area contributed by atoms with E-state index in [9.17, 15) is 0 Å². The molecule has 148 valence electrons. The third kappa shape index (κ3) is 4.58. The topological polar surface area (TPSA) is 28.2 Å². The van der Waals surface area contributed by atoms with Crippen LogP contribution in [0.25, 0.3) is 0 Å². The van der Waals surface area contributed by atoms with Gasteiger partial charge in [0.05, 0.1) is 5.69 Å². The second-order valence-corrected chi connectivity index (χ2v) is 8.30. The van der Waals surface area contributed by atoms with Gasteiger partial charge in [-0.3, -0.25) is 9.80 Å². The summed E-state index contributed by atoms with van der Waals surface area (Å²) in [5.41, 5.74) is 2.47. The van der Waals surface area contributed by atoms with Crippen LogP contribution in [-0.2, 0) is 0 Å². The minimum atomic E-state index is 0.345.